The minimum atomic E-state index is -4.35. The Bertz CT molecular complexity index is 335. The zero-order valence-corrected chi connectivity index (χ0v) is 18.7. The molecule has 0 atom stereocenters. The predicted octanol–water partition coefficient (Wildman–Crippen LogP) is 5.10. The maximum Gasteiger partial charge on any atom is 0.469 e. The normalized spacial score (nSPS) is 12.2. The van der Waals surface area contributed by atoms with Gasteiger partial charge in [0.15, 0.2) is 0 Å². The second-order valence-corrected chi connectivity index (χ2v) is 8.70. The van der Waals surface area contributed by atoms with Crippen molar-refractivity contribution in [3.05, 3.63) is 0 Å². The lowest BCUT2D eigenvalue weighted by atomic mass is 10.1. The molecule has 0 saturated heterocycles. The van der Waals surface area contributed by atoms with Crippen molar-refractivity contribution in [2.24, 2.45) is 0 Å². The minimum Gasteiger partial charge on any atom is -0.303 e. The molecule has 0 aromatic heterocycles. The Balaban J connectivity index is 3.89. The third-order valence-corrected chi connectivity index (χ3v) is 5.26. The second kappa shape index (κ2) is 19.4. The molecule has 0 fully saturated rings. The first-order chi connectivity index (χ1) is 13.0. The summed E-state index contributed by atoms with van der Waals surface area (Å²) in [6, 6.07) is 0. The van der Waals surface area contributed by atoms with Crippen molar-refractivity contribution in [2.45, 2.75) is 110 Å². The average molecular weight is 409 g/mol. The van der Waals surface area contributed by atoms with E-state index in [0.717, 1.165) is 19.5 Å². The van der Waals surface area contributed by atoms with Crippen molar-refractivity contribution in [2.75, 3.05) is 19.7 Å². The molecule has 0 saturated carbocycles. The highest BCUT2D eigenvalue weighted by Crippen LogP contribution is 2.35. The van der Waals surface area contributed by atoms with E-state index >= 15 is 0 Å². The van der Waals surface area contributed by atoms with Gasteiger partial charge in [-0.05, 0) is 38.8 Å². The molecule has 4 N–H and O–H groups in total. The highest BCUT2D eigenvalue weighted by Gasteiger charge is 2.14. The predicted molar refractivity (Wildman–Crippen MR) is 114 cm³/mol. The Morgan fingerprint density at radius 1 is 0.741 bits per heavy atom. The van der Waals surface area contributed by atoms with Gasteiger partial charge in [-0.3, -0.25) is 4.52 Å². The SMILES string of the molecule is CCCCCCCCNC(CCCOP(=O)(O)O)NCCCCCCCC. The number of unbranched alkanes of at least 4 members (excludes halogenated alkanes) is 10. The first kappa shape index (κ1) is 27.0. The molecule has 0 aliphatic carbocycles. The molecule has 0 radical (unpaired) electrons. The first-order valence-electron chi connectivity index (χ1n) is 11.2. The molecule has 6 nitrogen and oxygen atoms in total. The van der Waals surface area contributed by atoms with E-state index in [2.05, 4.69) is 29.0 Å². The second-order valence-electron chi connectivity index (χ2n) is 7.46. The van der Waals surface area contributed by atoms with Gasteiger partial charge in [-0.1, -0.05) is 78.1 Å². The monoisotopic (exact) mass is 408 g/mol. The lowest BCUT2D eigenvalue weighted by molar-refractivity contribution is 0.189. The molecule has 7 heteroatoms. The highest BCUT2D eigenvalue weighted by atomic mass is 31.2. The third kappa shape index (κ3) is 22.2. The van der Waals surface area contributed by atoms with Crippen LogP contribution in [0.25, 0.3) is 0 Å². The Morgan fingerprint density at radius 2 is 1.19 bits per heavy atom. The summed E-state index contributed by atoms with van der Waals surface area (Å²) in [6.45, 7) is 6.53. The molecule has 0 amide bonds. The Morgan fingerprint density at radius 3 is 1.63 bits per heavy atom. The quantitative estimate of drug-likeness (QED) is 0.120. The van der Waals surface area contributed by atoms with Gasteiger partial charge in [-0.15, -0.1) is 0 Å². The lowest BCUT2D eigenvalue weighted by Gasteiger charge is -2.20. The number of hydrogen-bond acceptors (Lipinski definition) is 4. The van der Waals surface area contributed by atoms with Gasteiger partial charge in [-0.25, -0.2) is 4.57 Å². The molecule has 0 bridgehead atoms. The van der Waals surface area contributed by atoms with Crippen LogP contribution >= 0.6 is 7.82 Å². The summed E-state index contributed by atoms with van der Waals surface area (Å²) in [5.74, 6) is 0. The summed E-state index contributed by atoms with van der Waals surface area (Å²) >= 11 is 0. The van der Waals surface area contributed by atoms with Crippen LogP contribution in [0.5, 0.6) is 0 Å². The molecular weight excluding hydrogens is 363 g/mol. The average Bonchev–Trinajstić information content (AvgIpc) is 2.62. The van der Waals surface area contributed by atoms with Gasteiger partial charge >= 0.3 is 7.82 Å². The van der Waals surface area contributed by atoms with Crippen LogP contribution in [-0.2, 0) is 9.09 Å². The van der Waals surface area contributed by atoms with Crippen LogP contribution in [0.15, 0.2) is 0 Å². The van der Waals surface area contributed by atoms with Crippen molar-refractivity contribution in [1.82, 2.24) is 10.6 Å². The standard InChI is InChI=1S/C20H45N2O4P/c1-3-5-7-9-11-13-17-21-20(16-15-19-26-27(23,24)25)22-18-14-12-10-8-6-4-2/h20-22H,3-19H2,1-2H3,(H2,23,24,25). The number of nitrogens with one attached hydrogen (secondary N) is 2. The summed E-state index contributed by atoms with van der Waals surface area (Å²) in [6.07, 6.45) is 17.0. The molecule has 0 spiro atoms. The maximum atomic E-state index is 10.8. The zero-order valence-electron chi connectivity index (χ0n) is 17.8. The molecular formula is C20H45N2O4P. The minimum absolute atomic E-state index is 0.0954. The summed E-state index contributed by atoms with van der Waals surface area (Å²) in [4.78, 5) is 17.5. The van der Waals surface area contributed by atoms with Crippen molar-refractivity contribution in [3.8, 4) is 0 Å². The fraction of sp³-hybridized carbons (Fsp3) is 1.00. The van der Waals surface area contributed by atoms with E-state index in [-0.39, 0.29) is 12.8 Å². The Hall–Kier alpha value is 0.0300. The van der Waals surface area contributed by atoms with Crippen LogP contribution in [0.1, 0.15) is 104 Å². The fourth-order valence-electron chi connectivity index (χ4n) is 3.11. The van der Waals surface area contributed by atoms with Crippen molar-refractivity contribution < 1.29 is 18.9 Å². The van der Waals surface area contributed by atoms with Crippen molar-refractivity contribution >= 4 is 7.82 Å². The van der Waals surface area contributed by atoms with Crippen LogP contribution < -0.4 is 10.6 Å². The van der Waals surface area contributed by atoms with Crippen LogP contribution in [0.2, 0.25) is 0 Å². The van der Waals surface area contributed by atoms with E-state index < -0.39 is 7.82 Å². The zero-order chi connectivity index (χ0) is 20.2. The van der Waals surface area contributed by atoms with Crippen molar-refractivity contribution in [1.29, 1.82) is 0 Å². The molecule has 27 heavy (non-hydrogen) atoms. The van der Waals surface area contributed by atoms with Gasteiger partial charge in [0, 0.05) is 0 Å². The van der Waals surface area contributed by atoms with Crippen LogP contribution in [0, 0.1) is 0 Å². The first-order valence-corrected chi connectivity index (χ1v) is 12.7. The smallest absolute Gasteiger partial charge is 0.303 e. The number of phosphoric ester groups is 1. The third-order valence-electron chi connectivity index (χ3n) is 4.74. The van der Waals surface area contributed by atoms with E-state index in [4.69, 9.17) is 9.79 Å². The molecule has 0 heterocycles. The van der Waals surface area contributed by atoms with Gasteiger partial charge < -0.3 is 20.4 Å². The fourth-order valence-corrected chi connectivity index (χ4v) is 3.48. The van der Waals surface area contributed by atoms with E-state index in [9.17, 15) is 4.57 Å². The van der Waals surface area contributed by atoms with Gasteiger partial charge in [0.05, 0.1) is 12.8 Å². The van der Waals surface area contributed by atoms with Crippen molar-refractivity contribution in [3.63, 3.8) is 0 Å². The topological polar surface area (TPSA) is 90.8 Å². The summed E-state index contributed by atoms with van der Waals surface area (Å²) in [5, 5.41) is 7.12. The number of hydrogen-bond donors (Lipinski definition) is 4. The molecule has 0 unspecified atom stereocenters. The Kier molecular flexibility index (Phi) is 19.4. The van der Waals surface area contributed by atoms with E-state index in [0.29, 0.717) is 6.42 Å². The summed E-state index contributed by atoms with van der Waals surface area (Å²) < 4.78 is 15.3. The van der Waals surface area contributed by atoms with Crippen LogP contribution in [-0.4, -0.2) is 35.6 Å². The van der Waals surface area contributed by atoms with E-state index in [1.54, 1.807) is 0 Å². The highest BCUT2D eigenvalue weighted by molar-refractivity contribution is 7.46. The maximum absolute atomic E-state index is 10.8. The summed E-state index contributed by atoms with van der Waals surface area (Å²) in [7, 11) is -4.35. The van der Waals surface area contributed by atoms with Gasteiger partial charge in [-0.2, -0.15) is 0 Å². The van der Waals surface area contributed by atoms with Crippen LogP contribution in [0.3, 0.4) is 0 Å². The number of phosphoric acid groups is 1. The molecule has 0 aromatic rings. The molecule has 0 rings (SSSR count). The molecule has 0 aliphatic heterocycles. The largest absolute Gasteiger partial charge is 0.469 e. The Labute approximate surface area is 167 Å². The number of rotatable bonds is 21. The lowest BCUT2D eigenvalue weighted by Crippen LogP contribution is -2.43. The van der Waals surface area contributed by atoms with E-state index in [1.807, 2.05) is 0 Å². The van der Waals surface area contributed by atoms with E-state index in [1.165, 1.54) is 77.0 Å². The molecule has 0 aliphatic rings. The van der Waals surface area contributed by atoms with Gasteiger partial charge in [0.2, 0.25) is 0 Å². The van der Waals surface area contributed by atoms with Gasteiger partial charge in [0.1, 0.15) is 0 Å². The van der Waals surface area contributed by atoms with Gasteiger partial charge in [0.25, 0.3) is 0 Å². The molecule has 164 valence electrons. The molecule has 0 aromatic carbocycles. The van der Waals surface area contributed by atoms with Crippen LogP contribution in [0.4, 0.5) is 0 Å². The summed E-state index contributed by atoms with van der Waals surface area (Å²) in [5.41, 5.74) is 0.